The Hall–Kier alpha value is -0.540. The monoisotopic (exact) mass is 299 g/mol. The van der Waals surface area contributed by atoms with Crippen LogP contribution in [0.5, 0.6) is 5.75 Å². The van der Waals surface area contributed by atoms with Crippen molar-refractivity contribution in [2.24, 2.45) is 11.7 Å². The van der Waals surface area contributed by atoms with E-state index >= 15 is 0 Å². The number of ether oxygens (including phenoxy) is 1. The van der Waals surface area contributed by atoms with Crippen LogP contribution in [0.3, 0.4) is 0 Å². The van der Waals surface area contributed by atoms with Gasteiger partial charge in [0.25, 0.3) is 0 Å². The van der Waals surface area contributed by atoms with E-state index in [1.54, 1.807) is 0 Å². The van der Waals surface area contributed by atoms with Crippen LogP contribution in [0.4, 0.5) is 0 Å². The third-order valence-electron chi connectivity index (χ3n) is 2.65. The quantitative estimate of drug-likeness (QED) is 0.796. The lowest BCUT2D eigenvalue weighted by Crippen LogP contribution is -2.09. The molecular weight excluding hydrogens is 278 g/mol. The first-order valence-corrected chi connectivity index (χ1v) is 6.98. The van der Waals surface area contributed by atoms with Gasteiger partial charge in [-0.2, -0.15) is 0 Å². The lowest BCUT2D eigenvalue weighted by atomic mass is 10.1. The second kappa shape index (κ2) is 7.02. The van der Waals surface area contributed by atoms with Crippen LogP contribution in [0, 0.1) is 5.92 Å². The summed E-state index contributed by atoms with van der Waals surface area (Å²) in [7, 11) is 0. The van der Waals surface area contributed by atoms with E-state index in [2.05, 4.69) is 29.8 Å². The molecule has 1 atom stereocenters. The molecule has 0 fully saturated rings. The van der Waals surface area contributed by atoms with Crippen LogP contribution < -0.4 is 10.5 Å². The van der Waals surface area contributed by atoms with Gasteiger partial charge in [0.2, 0.25) is 0 Å². The normalized spacial score (nSPS) is 12.8. The summed E-state index contributed by atoms with van der Waals surface area (Å²) >= 11 is 3.45. The van der Waals surface area contributed by atoms with Gasteiger partial charge in [0, 0.05) is 16.1 Å². The van der Waals surface area contributed by atoms with Gasteiger partial charge >= 0.3 is 0 Å². The molecule has 0 aliphatic carbocycles. The van der Waals surface area contributed by atoms with Gasteiger partial charge in [-0.25, -0.2) is 0 Å². The molecule has 0 amide bonds. The van der Waals surface area contributed by atoms with Gasteiger partial charge in [-0.3, -0.25) is 0 Å². The Bertz CT molecular complexity index is 350. The first kappa shape index (κ1) is 14.5. The van der Waals surface area contributed by atoms with Crippen LogP contribution in [0.2, 0.25) is 0 Å². The molecule has 0 saturated carbocycles. The largest absolute Gasteiger partial charge is 0.493 e. The Labute approximate surface area is 113 Å². The highest BCUT2D eigenvalue weighted by Crippen LogP contribution is 2.27. The van der Waals surface area contributed by atoms with Crippen molar-refractivity contribution in [1.82, 2.24) is 0 Å². The molecule has 1 rings (SSSR count). The van der Waals surface area contributed by atoms with Crippen LogP contribution >= 0.6 is 15.9 Å². The van der Waals surface area contributed by atoms with Gasteiger partial charge in [-0.1, -0.05) is 29.8 Å². The van der Waals surface area contributed by atoms with Crippen molar-refractivity contribution in [3.8, 4) is 5.75 Å². The third-order valence-corrected chi connectivity index (χ3v) is 3.14. The molecule has 17 heavy (non-hydrogen) atoms. The Morgan fingerprint density at radius 3 is 2.59 bits per heavy atom. The zero-order chi connectivity index (χ0) is 12.8. The number of nitrogens with two attached hydrogens (primary N) is 1. The molecule has 1 unspecified atom stereocenters. The topological polar surface area (TPSA) is 35.2 Å². The second-order valence-electron chi connectivity index (χ2n) is 4.86. The van der Waals surface area contributed by atoms with Crippen molar-refractivity contribution in [3.63, 3.8) is 0 Å². The van der Waals surface area contributed by atoms with E-state index in [1.807, 2.05) is 25.1 Å². The SMILES string of the molecule is CC(C)CCCOc1ccc(Br)cc1C(C)N. The minimum absolute atomic E-state index is 0.00685. The minimum Gasteiger partial charge on any atom is -0.493 e. The molecular formula is C14H22BrNO. The average molecular weight is 300 g/mol. The van der Waals surface area contributed by atoms with E-state index in [9.17, 15) is 0 Å². The van der Waals surface area contributed by atoms with Crippen LogP contribution in [0.1, 0.15) is 45.2 Å². The summed E-state index contributed by atoms with van der Waals surface area (Å²) in [6.45, 7) is 7.20. The van der Waals surface area contributed by atoms with Crippen molar-refractivity contribution in [2.75, 3.05) is 6.61 Å². The van der Waals surface area contributed by atoms with E-state index in [-0.39, 0.29) is 6.04 Å². The molecule has 0 aliphatic heterocycles. The van der Waals surface area contributed by atoms with E-state index in [0.717, 1.165) is 34.7 Å². The minimum atomic E-state index is -0.00685. The molecule has 96 valence electrons. The van der Waals surface area contributed by atoms with Crippen molar-refractivity contribution >= 4 is 15.9 Å². The number of hydrogen-bond acceptors (Lipinski definition) is 2. The molecule has 1 aromatic carbocycles. The van der Waals surface area contributed by atoms with Crippen molar-refractivity contribution in [3.05, 3.63) is 28.2 Å². The summed E-state index contributed by atoms with van der Waals surface area (Å²) in [4.78, 5) is 0. The predicted octanol–water partition coefficient (Wildman–Crippen LogP) is 4.28. The molecule has 0 spiro atoms. The summed E-state index contributed by atoms with van der Waals surface area (Å²) < 4.78 is 6.84. The average Bonchev–Trinajstić information content (AvgIpc) is 2.25. The van der Waals surface area contributed by atoms with Crippen molar-refractivity contribution < 1.29 is 4.74 Å². The fourth-order valence-corrected chi connectivity index (χ4v) is 2.06. The third kappa shape index (κ3) is 5.09. The maximum atomic E-state index is 5.94. The summed E-state index contributed by atoms with van der Waals surface area (Å²) in [6.07, 6.45) is 2.29. The maximum Gasteiger partial charge on any atom is 0.124 e. The Morgan fingerprint density at radius 1 is 1.29 bits per heavy atom. The van der Waals surface area contributed by atoms with E-state index < -0.39 is 0 Å². The lowest BCUT2D eigenvalue weighted by Gasteiger charge is -2.14. The van der Waals surface area contributed by atoms with Gasteiger partial charge in [-0.05, 0) is 43.9 Å². The fourth-order valence-electron chi connectivity index (χ4n) is 1.68. The number of benzene rings is 1. The van der Waals surface area contributed by atoms with Gasteiger partial charge in [-0.15, -0.1) is 0 Å². The van der Waals surface area contributed by atoms with Crippen molar-refractivity contribution in [1.29, 1.82) is 0 Å². The fraction of sp³-hybridized carbons (Fsp3) is 0.571. The Balaban J connectivity index is 2.58. The molecule has 2 nitrogen and oxygen atoms in total. The molecule has 2 N–H and O–H groups in total. The molecule has 0 saturated heterocycles. The first-order valence-electron chi connectivity index (χ1n) is 6.18. The van der Waals surface area contributed by atoms with E-state index in [0.29, 0.717) is 0 Å². The molecule has 0 radical (unpaired) electrons. The Morgan fingerprint density at radius 2 is 2.00 bits per heavy atom. The van der Waals surface area contributed by atoms with E-state index in [4.69, 9.17) is 10.5 Å². The highest BCUT2D eigenvalue weighted by Gasteiger charge is 2.08. The molecule has 0 bridgehead atoms. The summed E-state index contributed by atoms with van der Waals surface area (Å²) in [5, 5.41) is 0. The number of halogens is 1. The van der Waals surface area contributed by atoms with Gasteiger partial charge < -0.3 is 10.5 Å². The standard InChI is InChI=1S/C14H22BrNO/c1-10(2)5-4-8-17-14-7-6-12(15)9-13(14)11(3)16/h6-7,9-11H,4-5,8,16H2,1-3H3. The summed E-state index contributed by atoms with van der Waals surface area (Å²) in [5.74, 6) is 1.64. The van der Waals surface area contributed by atoms with Gasteiger partial charge in [0.05, 0.1) is 6.61 Å². The summed E-state index contributed by atoms with van der Waals surface area (Å²) in [5.41, 5.74) is 6.99. The van der Waals surface area contributed by atoms with Crippen LogP contribution in [0.25, 0.3) is 0 Å². The molecule has 0 aromatic heterocycles. The van der Waals surface area contributed by atoms with Gasteiger partial charge in [0.15, 0.2) is 0 Å². The lowest BCUT2D eigenvalue weighted by molar-refractivity contribution is 0.293. The zero-order valence-corrected chi connectivity index (χ0v) is 12.5. The summed E-state index contributed by atoms with van der Waals surface area (Å²) in [6, 6.07) is 6.00. The van der Waals surface area contributed by atoms with Crippen LogP contribution in [-0.2, 0) is 0 Å². The Kier molecular flexibility index (Phi) is 6.00. The van der Waals surface area contributed by atoms with Gasteiger partial charge in [0.1, 0.15) is 5.75 Å². The predicted molar refractivity (Wildman–Crippen MR) is 76.3 cm³/mol. The molecule has 3 heteroatoms. The van der Waals surface area contributed by atoms with Crippen LogP contribution in [-0.4, -0.2) is 6.61 Å². The zero-order valence-electron chi connectivity index (χ0n) is 10.9. The molecule has 0 heterocycles. The van der Waals surface area contributed by atoms with E-state index in [1.165, 1.54) is 6.42 Å². The molecule has 1 aromatic rings. The highest BCUT2D eigenvalue weighted by molar-refractivity contribution is 9.10. The number of hydrogen-bond donors (Lipinski definition) is 1. The smallest absolute Gasteiger partial charge is 0.124 e. The first-order chi connectivity index (χ1) is 8.00. The second-order valence-corrected chi connectivity index (χ2v) is 5.77. The molecule has 0 aliphatic rings. The highest BCUT2D eigenvalue weighted by atomic mass is 79.9. The number of rotatable bonds is 6. The van der Waals surface area contributed by atoms with Crippen molar-refractivity contribution in [2.45, 2.75) is 39.7 Å². The van der Waals surface area contributed by atoms with Crippen LogP contribution in [0.15, 0.2) is 22.7 Å². The maximum absolute atomic E-state index is 5.94.